The van der Waals surface area contributed by atoms with E-state index in [9.17, 15) is 19.4 Å². The number of carbonyl (C=O) groups excluding carboxylic acids is 1. The second-order valence-electron chi connectivity index (χ2n) is 19.6. The number of hydrogen-bond acceptors (Lipinski definition) is 5. The molecular weight excluding hydrogens is 780 g/mol. The predicted molar refractivity (Wildman–Crippen MR) is 263 cm³/mol. The number of likely N-dealkylation sites (N-methyl/N-ethyl adjacent to an activating group) is 1. The van der Waals surface area contributed by atoms with Crippen LogP contribution in [-0.2, 0) is 18.4 Å². The summed E-state index contributed by atoms with van der Waals surface area (Å²) in [6, 6.07) is -0.838. The highest BCUT2D eigenvalue weighted by molar-refractivity contribution is 7.47. The van der Waals surface area contributed by atoms with E-state index in [-0.39, 0.29) is 19.1 Å². The number of allylic oxidation sites excluding steroid dienone is 1. The van der Waals surface area contributed by atoms with Gasteiger partial charge in [0.2, 0.25) is 5.91 Å². The minimum atomic E-state index is -4.32. The third-order valence-corrected chi connectivity index (χ3v) is 13.2. The Morgan fingerprint density at radius 3 is 1.21 bits per heavy atom. The molecular formula is C52H106N2O6P+. The van der Waals surface area contributed by atoms with E-state index in [4.69, 9.17) is 9.05 Å². The molecule has 0 aromatic heterocycles. The first kappa shape index (κ1) is 60.2. The summed E-state index contributed by atoms with van der Waals surface area (Å²) in [5.41, 5.74) is 0. The van der Waals surface area contributed by atoms with Crippen LogP contribution in [0.4, 0.5) is 0 Å². The zero-order chi connectivity index (χ0) is 45.0. The first-order chi connectivity index (χ1) is 29.5. The Hall–Kier alpha value is -0.760. The molecule has 0 aromatic carbocycles. The molecule has 0 bridgehead atoms. The van der Waals surface area contributed by atoms with Crippen LogP contribution < -0.4 is 5.32 Å². The van der Waals surface area contributed by atoms with Crippen LogP contribution in [0.3, 0.4) is 0 Å². The Kier molecular flexibility index (Phi) is 43.9. The van der Waals surface area contributed by atoms with Crippen molar-refractivity contribution in [1.29, 1.82) is 0 Å². The monoisotopic (exact) mass is 886 g/mol. The van der Waals surface area contributed by atoms with Crippen LogP contribution in [0.1, 0.15) is 264 Å². The summed E-state index contributed by atoms with van der Waals surface area (Å²) in [6.45, 7) is 4.76. The molecule has 0 saturated heterocycles. The first-order valence-corrected chi connectivity index (χ1v) is 28.1. The van der Waals surface area contributed by atoms with E-state index in [1.807, 2.05) is 27.2 Å². The molecule has 1 amide bonds. The van der Waals surface area contributed by atoms with E-state index >= 15 is 0 Å². The van der Waals surface area contributed by atoms with Crippen molar-refractivity contribution in [1.82, 2.24) is 5.32 Å². The van der Waals surface area contributed by atoms with Gasteiger partial charge in [0.15, 0.2) is 0 Å². The van der Waals surface area contributed by atoms with E-state index in [1.54, 1.807) is 6.08 Å². The van der Waals surface area contributed by atoms with Gasteiger partial charge in [0, 0.05) is 6.42 Å². The summed E-state index contributed by atoms with van der Waals surface area (Å²) < 4.78 is 23.4. The van der Waals surface area contributed by atoms with Crippen LogP contribution in [-0.4, -0.2) is 73.4 Å². The van der Waals surface area contributed by atoms with Crippen molar-refractivity contribution in [2.24, 2.45) is 0 Å². The van der Waals surface area contributed by atoms with Crippen LogP contribution in [0.15, 0.2) is 12.2 Å². The molecule has 3 unspecified atom stereocenters. The third kappa shape index (κ3) is 47.0. The smallest absolute Gasteiger partial charge is 0.387 e. The zero-order valence-electron chi connectivity index (χ0n) is 41.4. The number of phosphoric ester groups is 1. The summed E-state index contributed by atoms with van der Waals surface area (Å²) >= 11 is 0. The summed E-state index contributed by atoms with van der Waals surface area (Å²) in [7, 11) is 1.58. The van der Waals surface area contributed by atoms with Crippen LogP contribution in [0.5, 0.6) is 0 Å². The lowest BCUT2D eigenvalue weighted by Crippen LogP contribution is -2.45. The second kappa shape index (κ2) is 44.4. The fraction of sp³-hybridized carbons (Fsp3) is 0.942. The van der Waals surface area contributed by atoms with E-state index < -0.39 is 20.0 Å². The summed E-state index contributed by atoms with van der Waals surface area (Å²) in [6.07, 6.45) is 53.7. The quantitative estimate of drug-likeness (QED) is 0.0243. The van der Waals surface area contributed by atoms with Crippen molar-refractivity contribution in [3.63, 3.8) is 0 Å². The Morgan fingerprint density at radius 1 is 0.541 bits per heavy atom. The van der Waals surface area contributed by atoms with E-state index in [0.29, 0.717) is 17.4 Å². The van der Waals surface area contributed by atoms with E-state index in [1.165, 1.54) is 199 Å². The fourth-order valence-corrected chi connectivity index (χ4v) is 8.78. The molecule has 0 rings (SSSR count). The number of carbonyl (C=O) groups is 1. The van der Waals surface area contributed by atoms with Crippen LogP contribution >= 0.6 is 7.82 Å². The van der Waals surface area contributed by atoms with Gasteiger partial charge in [0.1, 0.15) is 13.2 Å². The normalized spacial score (nSPS) is 14.1. The van der Waals surface area contributed by atoms with Gasteiger partial charge in [-0.15, -0.1) is 0 Å². The van der Waals surface area contributed by atoms with Crippen molar-refractivity contribution in [2.45, 2.75) is 276 Å². The number of unbranched alkanes of at least 4 members (excludes halogenated alkanes) is 36. The molecule has 0 aliphatic heterocycles. The molecule has 0 aliphatic carbocycles. The number of hydrogen-bond donors (Lipinski definition) is 3. The first-order valence-electron chi connectivity index (χ1n) is 26.6. The number of quaternary nitrogens is 1. The van der Waals surface area contributed by atoms with Gasteiger partial charge in [0.05, 0.1) is 39.9 Å². The number of rotatable bonds is 49. The lowest BCUT2D eigenvalue weighted by atomic mass is 10.0. The van der Waals surface area contributed by atoms with E-state index in [2.05, 4.69) is 19.2 Å². The number of nitrogens with zero attached hydrogens (tertiary/aromatic N) is 1. The molecule has 0 heterocycles. The molecule has 9 heteroatoms. The maximum absolute atomic E-state index is 12.8. The van der Waals surface area contributed by atoms with E-state index in [0.717, 1.165) is 44.9 Å². The van der Waals surface area contributed by atoms with Crippen molar-refractivity contribution < 1.29 is 32.9 Å². The largest absolute Gasteiger partial charge is 0.472 e. The van der Waals surface area contributed by atoms with Gasteiger partial charge < -0.3 is 19.8 Å². The van der Waals surface area contributed by atoms with Crippen molar-refractivity contribution in [3.05, 3.63) is 12.2 Å². The Balaban J connectivity index is 3.77. The molecule has 0 aromatic rings. The molecule has 61 heavy (non-hydrogen) atoms. The van der Waals surface area contributed by atoms with Crippen LogP contribution in [0.2, 0.25) is 0 Å². The van der Waals surface area contributed by atoms with Gasteiger partial charge in [-0.3, -0.25) is 13.8 Å². The highest BCUT2D eigenvalue weighted by Gasteiger charge is 2.27. The molecule has 0 fully saturated rings. The lowest BCUT2D eigenvalue weighted by Gasteiger charge is -2.25. The second-order valence-corrected chi connectivity index (χ2v) is 21.1. The predicted octanol–water partition coefficient (Wildman–Crippen LogP) is 15.5. The summed E-state index contributed by atoms with van der Waals surface area (Å²) in [4.78, 5) is 23.0. The standard InChI is InChI=1S/C52H105N2O6P/c1-6-8-10-12-14-15-16-17-18-19-20-21-22-23-24-25-26-27-28-29-30-31-32-33-34-35-36-37-38-39-40-42-44-46-52(56)53-50(51(55)45-43-41-13-11-9-7-2)49-60-61(57,58)59-48-47-54(3,4)5/h43,45,50-51,55H,6-42,44,46-49H2,1-5H3,(H-,53,56,57,58)/p+1/b45-43+. The number of aliphatic hydroxyl groups excluding tert-OH is 1. The van der Waals surface area contributed by atoms with Crippen molar-refractivity contribution in [3.8, 4) is 0 Å². The third-order valence-electron chi connectivity index (χ3n) is 12.3. The van der Waals surface area contributed by atoms with Crippen molar-refractivity contribution >= 4 is 13.7 Å². The molecule has 8 nitrogen and oxygen atoms in total. The zero-order valence-corrected chi connectivity index (χ0v) is 42.3. The highest BCUT2D eigenvalue weighted by Crippen LogP contribution is 2.43. The average molecular weight is 886 g/mol. The minimum Gasteiger partial charge on any atom is -0.387 e. The number of amides is 1. The summed E-state index contributed by atoms with van der Waals surface area (Å²) in [5, 5.41) is 13.7. The van der Waals surface area contributed by atoms with Gasteiger partial charge >= 0.3 is 7.82 Å². The Morgan fingerprint density at radius 2 is 0.869 bits per heavy atom. The van der Waals surface area contributed by atoms with Gasteiger partial charge in [-0.05, 0) is 19.3 Å². The fourth-order valence-electron chi connectivity index (χ4n) is 8.04. The Bertz CT molecular complexity index is 1000. The SMILES string of the molecule is CCCCCC/C=C/C(O)C(COP(=O)(O)OCC[N+](C)(C)C)NC(=O)CCCCCCCCCCCCCCCCCCCCCCCCCCCCCCCCCCC. The molecule has 3 atom stereocenters. The number of phosphoric acid groups is 1. The van der Waals surface area contributed by atoms with Gasteiger partial charge in [-0.25, -0.2) is 4.57 Å². The lowest BCUT2D eigenvalue weighted by molar-refractivity contribution is -0.870. The number of nitrogens with one attached hydrogen (secondary N) is 1. The highest BCUT2D eigenvalue weighted by atomic mass is 31.2. The minimum absolute atomic E-state index is 0.0637. The number of aliphatic hydroxyl groups is 1. The molecule has 0 aliphatic rings. The summed E-state index contributed by atoms with van der Waals surface area (Å²) in [5.74, 6) is -0.177. The van der Waals surface area contributed by atoms with Crippen molar-refractivity contribution in [2.75, 3.05) is 40.9 Å². The average Bonchev–Trinajstić information content (AvgIpc) is 3.21. The molecule has 3 N–H and O–H groups in total. The molecule has 0 saturated carbocycles. The van der Waals surface area contributed by atoms with Gasteiger partial charge in [-0.2, -0.15) is 0 Å². The Labute approximate surface area is 380 Å². The van der Waals surface area contributed by atoms with Crippen LogP contribution in [0, 0.1) is 0 Å². The maximum Gasteiger partial charge on any atom is 0.472 e. The van der Waals surface area contributed by atoms with Crippen LogP contribution in [0.25, 0.3) is 0 Å². The van der Waals surface area contributed by atoms with Gasteiger partial charge in [-0.1, -0.05) is 251 Å². The molecule has 0 spiro atoms. The van der Waals surface area contributed by atoms with Gasteiger partial charge in [0.25, 0.3) is 0 Å². The maximum atomic E-state index is 12.8. The molecule has 364 valence electrons. The molecule has 0 radical (unpaired) electrons. The topological polar surface area (TPSA) is 105 Å².